The Morgan fingerprint density at radius 1 is 1.25 bits per heavy atom. The molecule has 1 N–H and O–H groups in total. The molecule has 3 heterocycles. The molecule has 186 valence electrons. The molecule has 2 aromatic carbocycles. The van der Waals surface area contributed by atoms with Crippen LogP contribution in [0, 0.1) is 6.92 Å². The first-order valence-corrected chi connectivity index (χ1v) is 13.4. The number of fused-ring (bicyclic) bond motifs is 1. The topological polar surface area (TPSA) is 81.5 Å². The van der Waals surface area contributed by atoms with Crippen LogP contribution in [0.15, 0.2) is 30.5 Å². The molecule has 0 bridgehead atoms. The summed E-state index contributed by atoms with van der Waals surface area (Å²) in [7, 11) is 0. The number of hydrogen-bond acceptors (Lipinski definition) is 6. The molecule has 0 unspecified atom stereocenters. The number of carbonyl (C=O) groups is 1. The molecule has 0 saturated heterocycles. The van der Waals surface area contributed by atoms with Crippen LogP contribution in [-0.2, 0) is 16.0 Å². The van der Waals surface area contributed by atoms with E-state index in [9.17, 15) is 9.90 Å². The third-order valence-electron chi connectivity index (χ3n) is 7.20. The highest BCUT2D eigenvalue weighted by molar-refractivity contribution is 7.19. The zero-order valence-electron chi connectivity index (χ0n) is 21.1. The first kappa shape index (κ1) is 23.4. The Hall–Kier alpha value is -3.03. The zero-order valence-corrected chi connectivity index (χ0v) is 21.9. The van der Waals surface area contributed by atoms with Gasteiger partial charge in [-0.3, -0.25) is 4.98 Å². The number of benzene rings is 2. The van der Waals surface area contributed by atoms with Gasteiger partial charge in [-0.05, 0) is 75.9 Å². The standard InChI is InChI=1S/C29H30N2O4S/c1-15-14-19-26(36-27(31-19)17-6-5-7-17)23(21(15)25(28(32)33)35-29(2,3)4)18-8-9-20-22-16(11-13-34-20)10-12-30-24(18)22/h8-10,12,14,17,25H,5-7,11,13H2,1-4H3,(H,32,33)/t25-/m0/s1. The zero-order chi connectivity index (χ0) is 25.2. The number of carboxylic acids is 1. The van der Waals surface area contributed by atoms with Gasteiger partial charge in [-0.2, -0.15) is 0 Å². The van der Waals surface area contributed by atoms with Crippen LogP contribution in [-0.4, -0.2) is 33.3 Å². The van der Waals surface area contributed by atoms with Crippen LogP contribution < -0.4 is 4.74 Å². The van der Waals surface area contributed by atoms with Crippen molar-refractivity contribution in [1.29, 1.82) is 0 Å². The van der Waals surface area contributed by atoms with Gasteiger partial charge in [0.25, 0.3) is 0 Å². The summed E-state index contributed by atoms with van der Waals surface area (Å²) in [5.41, 5.74) is 5.60. The maximum absolute atomic E-state index is 12.7. The van der Waals surface area contributed by atoms with E-state index in [-0.39, 0.29) is 0 Å². The predicted molar refractivity (Wildman–Crippen MR) is 142 cm³/mol. The lowest BCUT2D eigenvalue weighted by atomic mass is 9.86. The second-order valence-corrected chi connectivity index (χ2v) is 11.9. The van der Waals surface area contributed by atoms with Crippen LogP contribution in [0.5, 0.6) is 5.75 Å². The van der Waals surface area contributed by atoms with E-state index in [1.165, 1.54) is 12.0 Å². The number of thiazole rings is 1. The lowest BCUT2D eigenvalue weighted by molar-refractivity contribution is -0.160. The quantitative estimate of drug-likeness (QED) is 0.318. The van der Waals surface area contributed by atoms with Gasteiger partial charge < -0.3 is 14.6 Å². The molecule has 36 heavy (non-hydrogen) atoms. The fourth-order valence-corrected chi connectivity index (χ4v) is 6.64. The third-order valence-corrected chi connectivity index (χ3v) is 8.45. The van der Waals surface area contributed by atoms with Crippen molar-refractivity contribution in [2.24, 2.45) is 0 Å². The van der Waals surface area contributed by atoms with Gasteiger partial charge in [0.15, 0.2) is 6.10 Å². The number of carboxylic acid groups (broad SMARTS) is 1. The number of hydrogen-bond donors (Lipinski definition) is 1. The molecular formula is C29H30N2O4S. The second-order valence-electron chi connectivity index (χ2n) is 10.9. The molecule has 0 amide bonds. The van der Waals surface area contributed by atoms with Crippen LogP contribution in [0.1, 0.15) is 73.8 Å². The summed E-state index contributed by atoms with van der Waals surface area (Å²) in [6.45, 7) is 8.27. The maximum Gasteiger partial charge on any atom is 0.337 e. The van der Waals surface area contributed by atoms with E-state index < -0.39 is 17.7 Å². The van der Waals surface area contributed by atoms with Gasteiger partial charge >= 0.3 is 5.97 Å². The lowest BCUT2D eigenvalue weighted by Crippen LogP contribution is -2.28. The summed E-state index contributed by atoms with van der Waals surface area (Å²) in [4.78, 5) is 22.5. The van der Waals surface area contributed by atoms with Crippen molar-refractivity contribution < 1.29 is 19.4 Å². The monoisotopic (exact) mass is 502 g/mol. The number of rotatable bonds is 5. The van der Waals surface area contributed by atoms with E-state index in [1.54, 1.807) is 11.3 Å². The van der Waals surface area contributed by atoms with Crippen molar-refractivity contribution in [3.8, 4) is 16.9 Å². The van der Waals surface area contributed by atoms with Gasteiger partial charge in [0.05, 0.1) is 32.9 Å². The summed E-state index contributed by atoms with van der Waals surface area (Å²) >= 11 is 1.69. The van der Waals surface area contributed by atoms with Gasteiger partial charge in [-0.25, -0.2) is 9.78 Å². The van der Waals surface area contributed by atoms with Crippen LogP contribution in [0.3, 0.4) is 0 Å². The van der Waals surface area contributed by atoms with E-state index in [4.69, 9.17) is 19.4 Å². The highest BCUT2D eigenvalue weighted by atomic mass is 32.1. The number of aromatic nitrogens is 2. The molecule has 1 aliphatic heterocycles. The molecule has 6 nitrogen and oxygen atoms in total. The Labute approximate surface area is 214 Å². The first-order chi connectivity index (χ1) is 17.2. The van der Waals surface area contributed by atoms with Crippen molar-refractivity contribution in [2.45, 2.75) is 71.0 Å². The molecular weight excluding hydrogens is 472 g/mol. The molecule has 1 aliphatic carbocycles. The van der Waals surface area contributed by atoms with Crippen LogP contribution >= 0.6 is 11.3 Å². The number of nitrogens with zero attached hydrogens (tertiary/aromatic N) is 2. The molecule has 2 aromatic heterocycles. The Morgan fingerprint density at radius 3 is 2.75 bits per heavy atom. The van der Waals surface area contributed by atoms with Crippen molar-refractivity contribution in [3.05, 3.63) is 52.2 Å². The average Bonchev–Trinajstić information content (AvgIpc) is 3.18. The molecule has 0 spiro atoms. The van der Waals surface area contributed by atoms with Crippen LogP contribution in [0.2, 0.25) is 0 Å². The Morgan fingerprint density at radius 2 is 2.06 bits per heavy atom. The highest BCUT2D eigenvalue weighted by Gasteiger charge is 2.34. The fourth-order valence-electron chi connectivity index (χ4n) is 5.35. The average molecular weight is 503 g/mol. The fraction of sp³-hybridized carbons (Fsp3) is 0.414. The highest BCUT2D eigenvalue weighted by Crippen LogP contribution is 2.48. The molecule has 1 fully saturated rings. The number of aryl methyl sites for hydroxylation is 1. The van der Waals surface area contributed by atoms with E-state index in [2.05, 4.69) is 6.07 Å². The molecule has 1 atom stereocenters. The van der Waals surface area contributed by atoms with Crippen molar-refractivity contribution in [2.75, 3.05) is 6.61 Å². The lowest BCUT2D eigenvalue weighted by Gasteiger charge is -2.28. The predicted octanol–water partition coefficient (Wildman–Crippen LogP) is 6.96. The van der Waals surface area contributed by atoms with Crippen molar-refractivity contribution in [3.63, 3.8) is 0 Å². The van der Waals surface area contributed by atoms with Crippen LogP contribution in [0.4, 0.5) is 0 Å². The molecule has 0 radical (unpaired) electrons. The summed E-state index contributed by atoms with van der Waals surface area (Å²) in [6.07, 6.45) is 5.09. The molecule has 4 aromatic rings. The summed E-state index contributed by atoms with van der Waals surface area (Å²) in [5.74, 6) is 0.313. The van der Waals surface area contributed by atoms with Gasteiger partial charge in [0, 0.05) is 40.6 Å². The van der Waals surface area contributed by atoms with Gasteiger partial charge in [-0.1, -0.05) is 6.42 Å². The minimum Gasteiger partial charge on any atom is -0.493 e. The summed E-state index contributed by atoms with van der Waals surface area (Å²) in [5, 5.41) is 12.5. The Kier molecular flexibility index (Phi) is 5.54. The minimum absolute atomic E-state index is 0.489. The molecule has 1 saturated carbocycles. The molecule has 2 aliphatic rings. The van der Waals surface area contributed by atoms with Gasteiger partial charge in [0.2, 0.25) is 0 Å². The molecule has 6 rings (SSSR count). The number of pyridine rings is 1. The molecule has 7 heteroatoms. The summed E-state index contributed by atoms with van der Waals surface area (Å²) in [6, 6.07) is 8.09. The van der Waals surface area contributed by atoms with E-state index in [0.717, 1.165) is 67.8 Å². The van der Waals surface area contributed by atoms with Gasteiger partial charge in [-0.15, -0.1) is 11.3 Å². The van der Waals surface area contributed by atoms with Crippen LogP contribution in [0.25, 0.3) is 32.2 Å². The first-order valence-electron chi connectivity index (χ1n) is 12.6. The van der Waals surface area contributed by atoms with Crippen molar-refractivity contribution >= 4 is 38.4 Å². The van der Waals surface area contributed by atoms with E-state index >= 15 is 0 Å². The minimum atomic E-state index is -1.12. The smallest absolute Gasteiger partial charge is 0.337 e. The van der Waals surface area contributed by atoms with Gasteiger partial charge in [0.1, 0.15) is 5.75 Å². The largest absolute Gasteiger partial charge is 0.493 e. The van der Waals surface area contributed by atoms with Crippen molar-refractivity contribution in [1.82, 2.24) is 9.97 Å². The van der Waals surface area contributed by atoms with E-state index in [0.29, 0.717) is 18.1 Å². The summed E-state index contributed by atoms with van der Waals surface area (Å²) < 4.78 is 13.2. The number of aliphatic carboxylic acids is 1. The normalized spacial score (nSPS) is 16.7. The maximum atomic E-state index is 12.7. The third kappa shape index (κ3) is 3.85. The van der Waals surface area contributed by atoms with E-state index in [1.807, 2.05) is 52.1 Å². The second kappa shape index (κ2) is 8.53. The Bertz CT molecular complexity index is 1500. The number of ether oxygens (including phenoxy) is 2. The SMILES string of the molecule is Cc1cc2nc(C3CCC3)sc2c(-c2ccc3c4c(ccnc24)CCO3)c1[C@H](OC(C)(C)C)C(=O)O. The Balaban J connectivity index is 1.70.